The topological polar surface area (TPSA) is 66.5 Å². The fourth-order valence-electron chi connectivity index (χ4n) is 2.54. The summed E-state index contributed by atoms with van der Waals surface area (Å²) in [5.74, 6) is 0. The molecular formula is C17H37NO2. The van der Waals surface area contributed by atoms with Crippen LogP contribution in [-0.4, -0.2) is 29.0 Å². The van der Waals surface area contributed by atoms with Crippen LogP contribution in [0.1, 0.15) is 90.4 Å². The van der Waals surface area contributed by atoms with Crippen LogP contribution in [0.5, 0.6) is 0 Å². The van der Waals surface area contributed by atoms with Gasteiger partial charge in [0.25, 0.3) is 0 Å². The number of hydrogen-bond acceptors (Lipinski definition) is 3. The molecule has 0 aromatic heterocycles. The van der Waals surface area contributed by atoms with Crippen LogP contribution in [0.4, 0.5) is 0 Å². The molecule has 0 aliphatic carbocycles. The summed E-state index contributed by atoms with van der Waals surface area (Å²) < 4.78 is 0. The molecule has 0 fully saturated rings. The predicted octanol–water partition coefficient (Wildman–Crippen LogP) is 3.76. The molecule has 2 atom stereocenters. The monoisotopic (exact) mass is 287 g/mol. The third-order valence-corrected chi connectivity index (χ3v) is 4.04. The van der Waals surface area contributed by atoms with E-state index < -0.39 is 12.2 Å². The first kappa shape index (κ1) is 19.9. The molecule has 0 saturated heterocycles. The van der Waals surface area contributed by atoms with E-state index in [0.717, 1.165) is 12.8 Å². The van der Waals surface area contributed by atoms with Crippen molar-refractivity contribution in [3.63, 3.8) is 0 Å². The molecule has 0 spiro atoms. The zero-order valence-electron chi connectivity index (χ0n) is 13.5. The Kier molecular flexibility index (Phi) is 15.2. The molecule has 0 heterocycles. The minimum Gasteiger partial charge on any atom is -0.390 e. The van der Waals surface area contributed by atoms with E-state index in [4.69, 9.17) is 5.73 Å². The lowest BCUT2D eigenvalue weighted by molar-refractivity contribution is 0.0188. The molecule has 0 amide bonds. The van der Waals surface area contributed by atoms with Crippen LogP contribution >= 0.6 is 0 Å². The molecule has 4 N–H and O–H groups in total. The molecule has 3 heteroatoms. The second-order valence-corrected chi connectivity index (χ2v) is 6.05. The number of nitrogens with two attached hydrogens (primary N) is 1. The molecule has 0 bridgehead atoms. The lowest BCUT2D eigenvalue weighted by Crippen LogP contribution is -2.32. The molecular weight excluding hydrogens is 250 g/mol. The van der Waals surface area contributed by atoms with E-state index in [0.29, 0.717) is 6.42 Å². The zero-order valence-corrected chi connectivity index (χ0v) is 13.5. The molecule has 0 aliphatic heterocycles. The van der Waals surface area contributed by atoms with Gasteiger partial charge < -0.3 is 15.9 Å². The summed E-state index contributed by atoms with van der Waals surface area (Å²) in [4.78, 5) is 0. The highest BCUT2D eigenvalue weighted by Crippen LogP contribution is 2.13. The fourth-order valence-corrected chi connectivity index (χ4v) is 2.54. The Labute approximate surface area is 126 Å². The summed E-state index contributed by atoms with van der Waals surface area (Å²) in [6, 6.07) is 0. The van der Waals surface area contributed by atoms with Gasteiger partial charge in [0.1, 0.15) is 0 Å². The SMILES string of the molecule is CCCCCCCCCCCCCCC(O)C(O)CN. The minimum absolute atomic E-state index is 0.152. The van der Waals surface area contributed by atoms with Gasteiger partial charge in [-0.2, -0.15) is 0 Å². The first-order valence-corrected chi connectivity index (χ1v) is 8.78. The van der Waals surface area contributed by atoms with E-state index in [1.165, 1.54) is 64.2 Å². The van der Waals surface area contributed by atoms with Gasteiger partial charge in [-0.3, -0.25) is 0 Å². The number of unbranched alkanes of at least 4 members (excludes halogenated alkanes) is 11. The molecule has 20 heavy (non-hydrogen) atoms. The average Bonchev–Trinajstić information content (AvgIpc) is 2.47. The Bertz CT molecular complexity index is 188. The first-order valence-electron chi connectivity index (χ1n) is 8.78. The van der Waals surface area contributed by atoms with E-state index in [1.807, 2.05) is 0 Å². The summed E-state index contributed by atoms with van der Waals surface area (Å²) in [7, 11) is 0. The number of rotatable bonds is 15. The quantitative estimate of drug-likeness (QED) is 0.402. The van der Waals surface area contributed by atoms with Crippen molar-refractivity contribution in [2.24, 2.45) is 5.73 Å². The normalized spacial score (nSPS) is 14.4. The summed E-state index contributed by atoms with van der Waals surface area (Å²) in [5.41, 5.74) is 5.30. The Hall–Kier alpha value is -0.120. The van der Waals surface area contributed by atoms with Gasteiger partial charge in [-0.05, 0) is 6.42 Å². The molecule has 0 rings (SSSR count). The van der Waals surface area contributed by atoms with Crippen LogP contribution in [0.15, 0.2) is 0 Å². The third kappa shape index (κ3) is 12.9. The van der Waals surface area contributed by atoms with Crippen molar-refractivity contribution in [3.8, 4) is 0 Å². The van der Waals surface area contributed by atoms with Crippen molar-refractivity contribution in [3.05, 3.63) is 0 Å². The van der Waals surface area contributed by atoms with Gasteiger partial charge in [0.05, 0.1) is 12.2 Å². The van der Waals surface area contributed by atoms with E-state index in [1.54, 1.807) is 0 Å². The summed E-state index contributed by atoms with van der Waals surface area (Å²) in [6.07, 6.45) is 15.1. The Balaban J connectivity index is 3.10. The van der Waals surface area contributed by atoms with Gasteiger partial charge in [0, 0.05) is 6.54 Å². The van der Waals surface area contributed by atoms with Crippen LogP contribution in [0.2, 0.25) is 0 Å². The van der Waals surface area contributed by atoms with Crippen LogP contribution in [0.3, 0.4) is 0 Å². The van der Waals surface area contributed by atoms with E-state index in [2.05, 4.69) is 6.92 Å². The third-order valence-electron chi connectivity index (χ3n) is 4.04. The molecule has 122 valence electrons. The van der Waals surface area contributed by atoms with Crippen LogP contribution in [-0.2, 0) is 0 Å². The molecule has 2 unspecified atom stereocenters. The largest absolute Gasteiger partial charge is 0.390 e. The molecule has 3 nitrogen and oxygen atoms in total. The van der Waals surface area contributed by atoms with Crippen molar-refractivity contribution in [2.75, 3.05) is 6.54 Å². The number of aliphatic hydroxyl groups is 2. The molecule has 0 saturated carbocycles. The Morgan fingerprint density at radius 1 is 0.650 bits per heavy atom. The van der Waals surface area contributed by atoms with Crippen molar-refractivity contribution in [2.45, 2.75) is 103 Å². The summed E-state index contributed by atoms with van der Waals surface area (Å²) >= 11 is 0. The molecule has 0 aromatic carbocycles. The number of hydrogen-bond donors (Lipinski definition) is 3. The second-order valence-electron chi connectivity index (χ2n) is 6.05. The van der Waals surface area contributed by atoms with Gasteiger partial charge in [-0.15, -0.1) is 0 Å². The maximum absolute atomic E-state index is 9.55. The first-order chi connectivity index (χ1) is 9.72. The van der Waals surface area contributed by atoms with E-state index in [9.17, 15) is 10.2 Å². The fraction of sp³-hybridized carbons (Fsp3) is 1.00. The average molecular weight is 287 g/mol. The smallest absolute Gasteiger partial charge is 0.0920 e. The summed E-state index contributed by atoms with van der Waals surface area (Å²) in [6.45, 7) is 2.41. The highest BCUT2D eigenvalue weighted by molar-refractivity contribution is 4.67. The van der Waals surface area contributed by atoms with Gasteiger partial charge in [-0.25, -0.2) is 0 Å². The Morgan fingerprint density at radius 3 is 1.45 bits per heavy atom. The Morgan fingerprint density at radius 2 is 1.05 bits per heavy atom. The minimum atomic E-state index is -0.747. The van der Waals surface area contributed by atoms with Crippen molar-refractivity contribution >= 4 is 0 Å². The number of aliphatic hydroxyl groups excluding tert-OH is 2. The maximum atomic E-state index is 9.55. The van der Waals surface area contributed by atoms with Gasteiger partial charge in [0.15, 0.2) is 0 Å². The molecule has 0 radical (unpaired) electrons. The van der Waals surface area contributed by atoms with Crippen LogP contribution in [0.25, 0.3) is 0 Å². The summed E-state index contributed by atoms with van der Waals surface area (Å²) in [5, 5.41) is 18.9. The maximum Gasteiger partial charge on any atom is 0.0920 e. The van der Waals surface area contributed by atoms with E-state index in [-0.39, 0.29) is 6.54 Å². The van der Waals surface area contributed by atoms with E-state index >= 15 is 0 Å². The predicted molar refractivity (Wildman–Crippen MR) is 86.8 cm³/mol. The van der Waals surface area contributed by atoms with Crippen LogP contribution in [0, 0.1) is 0 Å². The molecule has 0 aliphatic rings. The van der Waals surface area contributed by atoms with Gasteiger partial charge in [0.2, 0.25) is 0 Å². The zero-order chi connectivity index (χ0) is 15.1. The standard InChI is InChI=1S/C17H37NO2/c1-2-3-4-5-6-7-8-9-10-11-12-13-14-16(19)17(20)15-18/h16-17,19-20H,2-15,18H2,1H3. The van der Waals surface area contributed by atoms with Crippen molar-refractivity contribution in [1.82, 2.24) is 0 Å². The highest BCUT2D eigenvalue weighted by atomic mass is 16.3. The lowest BCUT2D eigenvalue weighted by atomic mass is 10.0. The highest BCUT2D eigenvalue weighted by Gasteiger charge is 2.13. The lowest BCUT2D eigenvalue weighted by Gasteiger charge is -2.15. The van der Waals surface area contributed by atoms with Gasteiger partial charge in [-0.1, -0.05) is 84.0 Å². The van der Waals surface area contributed by atoms with Crippen molar-refractivity contribution < 1.29 is 10.2 Å². The van der Waals surface area contributed by atoms with Gasteiger partial charge >= 0.3 is 0 Å². The van der Waals surface area contributed by atoms with Crippen molar-refractivity contribution in [1.29, 1.82) is 0 Å². The molecule has 0 aromatic rings. The van der Waals surface area contributed by atoms with Crippen LogP contribution < -0.4 is 5.73 Å². The second kappa shape index (κ2) is 15.3.